The van der Waals surface area contributed by atoms with Crippen LogP contribution in [0.1, 0.15) is 11.3 Å². The van der Waals surface area contributed by atoms with Crippen molar-refractivity contribution in [2.75, 3.05) is 5.32 Å². The molecule has 0 aliphatic carbocycles. The maximum atomic E-state index is 12.8. The monoisotopic (exact) mass is 270 g/mol. The number of fused-ring (bicyclic) bond motifs is 1. The molecule has 20 heavy (non-hydrogen) atoms. The summed E-state index contributed by atoms with van der Waals surface area (Å²) in [5.41, 5.74) is 3.80. The largest absolute Gasteiger partial charge is 0.381 e. The summed E-state index contributed by atoms with van der Waals surface area (Å²) < 4.78 is 14.6. The number of halogens is 1. The van der Waals surface area contributed by atoms with Gasteiger partial charge < -0.3 is 5.32 Å². The van der Waals surface area contributed by atoms with E-state index in [1.54, 1.807) is 16.8 Å². The second-order valence-corrected chi connectivity index (χ2v) is 4.78. The molecule has 5 heteroatoms. The van der Waals surface area contributed by atoms with Crippen molar-refractivity contribution in [1.82, 2.24) is 14.8 Å². The molecular formula is C15H15FN4. The molecule has 0 radical (unpaired) electrons. The van der Waals surface area contributed by atoms with Crippen LogP contribution in [0.4, 0.5) is 10.1 Å². The van der Waals surface area contributed by atoms with Gasteiger partial charge in [0.25, 0.3) is 0 Å². The van der Waals surface area contributed by atoms with E-state index in [1.807, 2.05) is 20.2 Å². The van der Waals surface area contributed by atoms with Gasteiger partial charge in [-0.05, 0) is 42.8 Å². The molecule has 0 atom stereocenters. The van der Waals surface area contributed by atoms with E-state index >= 15 is 0 Å². The Balaban J connectivity index is 1.80. The number of aryl methyl sites for hydroxylation is 2. The van der Waals surface area contributed by atoms with Crippen molar-refractivity contribution in [1.29, 1.82) is 0 Å². The normalized spacial score (nSPS) is 10.9. The minimum atomic E-state index is -0.232. The van der Waals surface area contributed by atoms with Crippen LogP contribution in [0.25, 0.3) is 11.0 Å². The number of anilines is 1. The summed E-state index contributed by atoms with van der Waals surface area (Å²) in [6.07, 6.45) is 1.83. The zero-order chi connectivity index (χ0) is 14.1. The Hall–Kier alpha value is -2.43. The molecule has 0 bridgehead atoms. The van der Waals surface area contributed by atoms with Crippen molar-refractivity contribution >= 4 is 16.7 Å². The van der Waals surface area contributed by atoms with Gasteiger partial charge in [0, 0.05) is 30.9 Å². The van der Waals surface area contributed by atoms with Crippen LogP contribution in [-0.4, -0.2) is 14.8 Å². The number of aromatic nitrogens is 3. The number of benzene rings is 1. The lowest BCUT2D eigenvalue weighted by Crippen LogP contribution is -2.00. The van der Waals surface area contributed by atoms with Gasteiger partial charge in [-0.2, -0.15) is 5.10 Å². The summed E-state index contributed by atoms with van der Waals surface area (Å²) in [7, 11) is 1.89. The third kappa shape index (κ3) is 2.34. The summed E-state index contributed by atoms with van der Waals surface area (Å²) >= 11 is 0. The fraction of sp³-hybridized carbons (Fsp3) is 0.200. The molecule has 3 aromatic rings. The Morgan fingerprint density at radius 3 is 2.75 bits per heavy atom. The van der Waals surface area contributed by atoms with Crippen LogP contribution >= 0.6 is 0 Å². The van der Waals surface area contributed by atoms with Crippen LogP contribution in [0.15, 0.2) is 36.5 Å². The molecular weight excluding hydrogens is 255 g/mol. The van der Waals surface area contributed by atoms with Crippen LogP contribution in [0.5, 0.6) is 0 Å². The minimum absolute atomic E-state index is 0.232. The third-order valence-corrected chi connectivity index (χ3v) is 3.26. The Kier molecular flexibility index (Phi) is 3.10. The molecule has 3 rings (SSSR count). The van der Waals surface area contributed by atoms with Crippen LogP contribution in [-0.2, 0) is 13.6 Å². The van der Waals surface area contributed by atoms with Crippen molar-refractivity contribution < 1.29 is 4.39 Å². The molecule has 102 valence electrons. The zero-order valence-corrected chi connectivity index (χ0v) is 11.4. The molecule has 0 saturated carbocycles. The predicted molar refractivity (Wildman–Crippen MR) is 77.0 cm³/mol. The lowest BCUT2D eigenvalue weighted by Gasteiger charge is -2.06. The molecule has 1 aromatic carbocycles. The summed E-state index contributed by atoms with van der Waals surface area (Å²) in [5, 5.41) is 8.66. The van der Waals surface area contributed by atoms with Gasteiger partial charge >= 0.3 is 0 Å². The van der Waals surface area contributed by atoms with E-state index in [0.29, 0.717) is 6.54 Å². The van der Waals surface area contributed by atoms with Crippen molar-refractivity contribution in [3.8, 4) is 0 Å². The van der Waals surface area contributed by atoms with E-state index in [2.05, 4.69) is 21.5 Å². The topological polar surface area (TPSA) is 42.7 Å². The van der Waals surface area contributed by atoms with Crippen molar-refractivity contribution in [3.63, 3.8) is 0 Å². The highest BCUT2D eigenvalue weighted by atomic mass is 19.1. The fourth-order valence-corrected chi connectivity index (χ4v) is 2.22. The number of rotatable bonds is 3. The maximum absolute atomic E-state index is 12.8. The van der Waals surface area contributed by atoms with E-state index in [4.69, 9.17) is 0 Å². The van der Waals surface area contributed by atoms with Gasteiger partial charge in [-0.25, -0.2) is 9.37 Å². The number of nitrogens with one attached hydrogen (secondary N) is 1. The van der Waals surface area contributed by atoms with Gasteiger partial charge in [0.15, 0.2) is 5.65 Å². The molecule has 4 nitrogen and oxygen atoms in total. The van der Waals surface area contributed by atoms with E-state index in [9.17, 15) is 4.39 Å². The minimum Gasteiger partial charge on any atom is -0.381 e. The molecule has 0 spiro atoms. The Morgan fingerprint density at radius 2 is 2.00 bits per heavy atom. The van der Waals surface area contributed by atoms with Gasteiger partial charge in [-0.15, -0.1) is 0 Å². The van der Waals surface area contributed by atoms with Gasteiger partial charge in [0.1, 0.15) is 5.82 Å². The number of hydrogen-bond acceptors (Lipinski definition) is 3. The Morgan fingerprint density at radius 1 is 1.25 bits per heavy atom. The summed E-state index contributed by atoms with van der Waals surface area (Å²) in [6.45, 7) is 2.62. The van der Waals surface area contributed by atoms with E-state index in [0.717, 1.165) is 28.0 Å². The first-order chi connectivity index (χ1) is 9.63. The predicted octanol–water partition coefficient (Wildman–Crippen LogP) is 3.03. The highest BCUT2D eigenvalue weighted by Crippen LogP contribution is 2.17. The summed E-state index contributed by atoms with van der Waals surface area (Å²) in [4.78, 5) is 4.43. The molecule has 0 unspecified atom stereocenters. The van der Waals surface area contributed by atoms with Crippen molar-refractivity contribution in [3.05, 3.63) is 53.6 Å². The third-order valence-electron chi connectivity index (χ3n) is 3.26. The number of hydrogen-bond donors (Lipinski definition) is 1. The maximum Gasteiger partial charge on any atom is 0.157 e. The second-order valence-electron chi connectivity index (χ2n) is 4.78. The van der Waals surface area contributed by atoms with Crippen LogP contribution in [0, 0.1) is 12.7 Å². The van der Waals surface area contributed by atoms with Gasteiger partial charge in [-0.1, -0.05) is 0 Å². The standard InChI is InChI=1S/C15H15FN4/c1-10-14-7-11(9-18-15(14)20(2)19-10)8-17-13-5-3-12(16)4-6-13/h3-7,9,17H,8H2,1-2H3. The Labute approximate surface area is 116 Å². The highest BCUT2D eigenvalue weighted by molar-refractivity contribution is 5.78. The number of nitrogens with zero attached hydrogens (tertiary/aromatic N) is 3. The zero-order valence-electron chi connectivity index (χ0n) is 11.4. The lowest BCUT2D eigenvalue weighted by molar-refractivity contribution is 0.628. The molecule has 0 fully saturated rings. The molecule has 2 heterocycles. The Bertz CT molecular complexity index is 746. The van der Waals surface area contributed by atoms with Gasteiger partial charge in [-0.3, -0.25) is 4.68 Å². The molecule has 0 amide bonds. The first-order valence-corrected chi connectivity index (χ1v) is 6.41. The van der Waals surface area contributed by atoms with E-state index < -0.39 is 0 Å². The SMILES string of the molecule is Cc1nn(C)c2ncc(CNc3ccc(F)cc3)cc12. The van der Waals surface area contributed by atoms with E-state index in [-0.39, 0.29) is 5.82 Å². The number of pyridine rings is 1. The molecule has 2 aromatic heterocycles. The summed E-state index contributed by atoms with van der Waals surface area (Å²) in [6, 6.07) is 8.40. The first kappa shape index (κ1) is 12.6. The average molecular weight is 270 g/mol. The highest BCUT2D eigenvalue weighted by Gasteiger charge is 2.06. The first-order valence-electron chi connectivity index (χ1n) is 6.41. The average Bonchev–Trinajstić information content (AvgIpc) is 2.73. The molecule has 0 aliphatic heterocycles. The van der Waals surface area contributed by atoms with Crippen LogP contribution < -0.4 is 5.32 Å². The molecule has 0 saturated heterocycles. The van der Waals surface area contributed by atoms with Gasteiger partial charge in [0.2, 0.25) is 0 Å². The van der Waals surface area contributed by atoms with Crippen LogP contribution in [0.2, 0.25) is 0 Å². The van der Waals surface area contributed by atoms with Crippen molar-refractivity contribution in [2.24, 2.45) is 7.05 Å². The molecule has 0 aliphatic rings. The van der Waals surface area contributed by atoms with Gasteiger partial charge in [0.05, 0.1) is 5.69 Å². The second kappa shape index (κ2) is 4.92. The fourth-order valence-electron chi connectivity index (χ4n) is 2.22. The lowest BCUT2D eigenvalue weighted by atomic mass is 10.2. The quantitative estimate of drug-likeness (QED) is 0.795. The van der Waals surface area contributed by atoms with Crippen molar-refractivity contribution in [2.45, 2.75) is 13.5 Å². The van der Waals surface area contributed by atoms with Crippen LogP contribution in [0.3, 0.4) is 0 Å². The summed E-state index contributed by atoms with van der Waals surface area (Å²) in [5.74, 6) is -0.232. The smallest absolute Gasteiger partial charge is 0.157 e. The van der Waals surface area contributed by atoms with E-state index in [1.165, 1.54) is 12.1 Å². The molecule has 1 N–H and O–H groups in total.